The SMILES string of the molecule is CCOc1ccccc1NC(=O)C(C)Sc1cccc(NC(=O)/C(=C\c2ccc([N+](=O)[O-])cc2)NC(=O)c2ccccc2)c1. The standard InChI is InChI=1S/C33H30N4O6S/c1-3-43-30-15-8-7-14-28(30)35-31(38)22(2)44-27-13-9-12-25(21-27)34-33(40)29(36-32(39)24-10-5-4-6-11-24)20-23-16-18-26(19-17-23)37(41)42/h4-22H,3H2,1-2H3,(H,34,40)(H,35,38)(H,36,39)/b29-20+. The summed E-state index contributed by atoms with van der Waals surface area (Å²) in [6.07, 6.45) is 1.44. The monoisotopic (exact) mass is 610 g/mol. The zero-order chi connectivity index (χ0) is 31.5. The molecule has 1 unspecified atom stereocenters. The number of nitro groups is 1. The predicted molar refractivity (Wildman–Crippen MR) is 172 cm³/mol. The van der Waals surface area contributed by atoms with Crippen LogP contribution in [-0.2, 0) is 9.59 Å². The Balaban J connectivity index is 1.49. The van der Waals surface area contributed by atoms with Crippen LogP contribution in [0.1, 0.15) is 29.8 Å². The summed E-state index contributed by atoms with van der Waals surface area (Å²) in [7, 11) is 0. The Morgan fingerprint density at radius 3 is 2.32 bits per heavy atom. The van der Waals surface area contributed by atoms with Crippen molar-refractivity contribution >= 4 is 52.6 Å². The molecule has 0 aliphatic carbocycles. The number of ether oxygens (including phenoxy) is 1. The summed E-state index contributed by atoms with van der Waals surface area (Å²) in [6, 6.07) is 28.2. The number of rotatable bonds is 12. The van der Waals surface area contributed by atoms with Gasteiger partial charge in [-0.2, -0.15) is 0 Å². The van der Waals surface area contributed by atoms with Crippen LogP contribution in [-0.4, -0.2) is 34.5 Å². The Kier molecular flexibility index (Phi) is 10.9. The molecule has 10 nitrogen and oxygen atoms in total. The van der Waals surface area contributed by atoms with Gasteiger partial charge in [0.15, 0.2) is 0 Å². The van der Waals surface area contributed by atoms with E-state index in [4.69, 9.17) is 4.74 Å². The molecule has 4 aromatic rings. The van der Waals surface area contributed by atoms with Crippen LogP contribution < -0.4 is 20.7 Å². The number of hydrogen-bond donors (Lipinski definition) is 3. The van der Waals surface area contributed by atoms with Crippen molar-refractivity contribution in [3.63, 3.8) is 0 Å². The Labute approximate surface area is 258 Å². The molecule has 0 aliphatic heterocycles. The van der Waals surface area contributed by atoms with Gasteiger partial charge >= 0.3 is 0 Å². The maximum Gasteiger partial charge on any atom is 0.272 e. The Morgan fingerprint density at radius 1 is 0.909 bits per heavy atom. The molecule has 3 N–H and O–H groups in total. The first-order chi connectivity index (χ1) is 21.2. The fourth-order valence-corrected chi connectivity index (χ4v) is 4.92. The number of nitro benzene ring substituents is 1. The highest BCUT2D eigenvalue weighted by Gasteiger charge is 2.18. The lowest BCUT2D eigenvalue weighted by molar-refractivity contribution is -0.384. The van der Waals surface area contributed by atoms with Crippen molar-refractivity contribution in [3.05, 3.63) is 130 Å². The quantitative estimate of drug-likeness (QED) is 0.0718. The van der Waals surface area contributed by atoms with E-state index in [-0.39, 0.29) is 17.3 Å². The number of nitrogens with one attached hydrogen (secondary N) is 3. The van der Waals surface area contributed by atoms with E-state index >= 15 is 0 Å². The minimum absolute atomic E-state index is 0.0635. The van der Waals surface area contributed by atoms with Crippen LogP contribution in [0.3, 0.4) is 0 Å². The number of nitrogens with zero attached hydrogens (tertiary/aromatic N) is 1. The maximum atomic E-state index is 13.4. The van der Waals surface area contributed by atoms with E-state index in [0.29, 0.717) is 34.9 Å². The molecule has 0 heterocycles. The topological polar surface area (TPSA) is 140 Å². The van der Waals surface area contributed by atoms with Crippen molar-refractivity contribution in [2.75, 3.05) is 17.2 Å². The van der Waals surface area contributed by atoms with Crippen molar-refractivity contribution in [2.45, 2.75) is 24.0 Å². The van der Waals surface area contributed by atoms with Gasteiger partial charge in [0.25, 0.3) is 17.5 Å². The van der Waals surface area contributed by atoms with Gasteiger partial charge in [0, 0.05) is 28.3 Å². The molecule has 0 fully saturated rings. The molecule has 11 heteroatoms. The summed E-state index contributed by atoms with van der Waals surface area (Å²) in [5.74, 6) is -0.729. The first-order valence-electron chi connectivity index (χ1n) is 13.7. The Hall–Kier alpha value is -5.42. The van der Waals surface area contributed by atoms with Crippen LogP contribution in [0.15, 0.2) is 114 Å². The minimum atomic E-state index is -0.604. The lowest BCUT2D eigenvalue weighted by Gasteiger charge is -2.15. The molecule has 4 aromatic carbocycles. The fourth-order valence-electron chi connectivity index (χ4n) is 3.99. The number of non-ortho nitro benzene ring substituents is 1. The highest BCUT2D eigenvalue weighted by molar-refractivity contribution is 8.00. The molecule has 4 rings (SSSR count). The van der Waals surface area contributed by atoms with Crippen molar-refractivity contribution in [1.82, 2.24) is 5.32 Å². The van der Waals surface area contributed by atoms with Gasteiger partial charge in [-0.1, -0.05) is 36.4 Å². The number of hydrogen-bond acceptors (Lipinski definition) is 7. The zero-order valence-electron chi connectivity index (χ0n) is 24.0. The first-order valence-corrected chi connectivity index (χ1v) is 14.5. The van der Waals surface area contributed by atoms with Gasteiger partial charge in [0.1, 0.15) is 11.4 Å². The van der Waals surface area contributed by atoms with E-state index in [1.54, 1.807) is 67.6 Å². The van der Waals surface area contributed by atoms with Gasteiger partial charge in [0.05, 0.1) is 22.5 Å². The Morgan fingerprint density at radius 2 is 1.61 bits per heavy atom. The number of carbonyl (C=O) groups excluding carboxylic acids is 3. The molecule has 44 heavy (non-hydrogen) atoms. The molecule has 0 saturated heterocycles. The molecule has 0 aromatic heterocycles. The summed E-state index contributed by atoms with van der Waals surface area (Å²) in [4.78, 5) is 50.5. The normalized spacial score (nSPS) is 11.6. The molecule has 0 aliphatic rings. The number of para-hydroxylation sites is 2. The lowest BCUT2D eigenvalue weighted by Crippen LogP contribution is -2.30. The molecule has 224 valence electrons. The van der Waals surface area contributed by atoms with Crippen molar-refractivity contribution in [2.24, 2.45) is 0 Å². The van der Waals surface area contributed by atoms with E-state index in [1.807, 2.05) is 25.1 Å². The van der Waals surface area contributed by atoms with Gasteiger partial charge < -0.3 is 20.7 Å². The van der Waals surface area contributed by atoms with Gasteiger partial charge in [-0.05, 0) is 80.1 Å². The second-order valence-electron chi connectivity index (χ2n) is 9.39. The third-order valence-electron chi connectivity index (χ3n) is 6.16. The van der Waals surface area contributed by atoms with Crippen LogP contribution in [0.25, 0.3) is 6.08 Å². The van der Waals surface area contributed by atoms with Crippen LogP contribution in [0.4, 0.5) is 17.1 Å². The summed E-state index contributed by atoms with van der Waals surface area (Å²) < 4.78 is 5.59. The molecule has 0 radical (unpaired) electrons. The average Bonchev–Trinajstić information content (AvgIpc) is 3.02. The third kappa shape index (κ3) is 8.79. The number of amides is 3. The highest BCUT2D eigenvalue weighted by Crippen LogP contribution is 2.29. The van der Waals surface area contributed by atoms with Gasteiger partial charge in [-0.3, -0.25) is 24.5 Å². The van der Waals surface area contributed by atoms with E-state index in [2.05, 4.69) is 16.0 Å². The van der Waals surface area contributed by atoms with Crippen LogP contribution >= 0.6 is 11.8 Å². The Bertz CT molecular complexity index is 1680. The third-order valence-corrected chi connectivity index (χ3v) is 7.26. The molecule has 0 saturated carbocycles. The van der Waals surface area contributed by atoms with Gasteiger partial charge in [-0.15, -0.1) is 11.8 Å². The molecule has 0 bridgehead atoms. The first kappa shape index (κ1) is 31.5. The maximum absolute atomic E-state index is 13.4. The van der Waals surface area contributed by atoms with Crippen LogP contribution in [0.2, 0.25) is 0 Å². The number of thioether (sulfide) groups is 1. The highest BCUT2D eigenvalue weighted by atomic mass is 32.2. The number of benzene rings is 4. The summed E-state index contributed by atoms with van der Waals surface area (Å²) in [5, 5.41) is 18.9. The predicted octanol–water partition coefficient (Wildman–Crippen LogP) is 6.52. The van der Waals surface area contributed by atoms with E-state index in [0.717, 1.165) is 4.90 Å². The summed E-state index contributed by atoms with van der Waals surface area (Å²) in [5.41, 5.74) is 1.69. The largest absolute Gasteiger partial charge is 0.492 e. The molecular weight excluding hydrogens is 580 g/mol. The smallest absolute Gasteiger partial charge is 0.272 e. The van der Waals surface area contributed by atoms with Crippen LogP contribution in [0, 0.1) is 10.1 Å². The second kappa shape index (κ2) is 15.2. The van der Waals surface area contributed by atoms with E-state index in [1.165, 1.54) is 42.1 Å². The molecule has 0 spiro atoms. The molecule has 1 atom stereocenters. The zero-order valence-corrected chi connectivity index (χ0v) is 24.8. The summed E-state index contributed by atoms with van der Waals surface area (Å²) in [6.45, 7) is 4.11. The number of anilines is 2. The second-order valence-corrected chi connectivity index (χ2v) is 10.8. The lowest BCUT2D eigenvalue weighted by atomic mass is 10.1. The molecule has 3 amide bonds. The summed E-state index contributed by atoms with van der Waals surface area (Å²) >= 11 is 1.31. The van der Waals surface area contributed by atoms with Crippen LogP contribution in [0.5, 0.6) is 5.75 Å². The van der Waals surface area contributed by atoms with Crippen molar-refractivity contribution in [3.8, 4) is 5.75 Å². The number of carbonyl (C=O) groups is 3. The van der Waals surface area contributed by atoms with Gasteiger partial charge in [-0.25, -0.2) is 0 Å². The van der Waals surface area contributed by atoms with Crippen molar-refractivity contribution < 1.29 is 24.0 Å². The average molecular weight is 611 g/mol. The van der Waals surface area contributed by atoms with E-state index < -0.39 is 22.0 Å². The molecular formula is C33H30N4O6S. The van der Waals surface area contributed by atoms with Crippen molar-refractivity contribution in [1.29, 1.82) is 0 Å². The fraction of sp³-hybridized carbons (Fsp3) is 0.121. The van der Waals surface area contributed by atoms with E-state index in [9.17, 15) is 24.5 Å². The minimum Gasteiger partial charge on any atom is -0.492 e. The van der Waals surface area contributed by atoms with Gasteiger partial charge in [0.2, 0.25) is 5.91 Å².